The number of methoxy groups -OCH3 is 1. The van der Waals surface area contributed by atoms with Crippen LogP contribution >= 0.6 is 0 Å². The van der Waals surface area contributed by atoms with E-state index in [0.717, 1.165) is 22.4 Å². The minimum Gasteiger partial charge on any atom is -0.496 e. The average Bonchev–Trinajstić information content (AvgIpc) is 3.37. The van der Waals surface area contributed by atoms with Crippen molar-refractivity contribution in [2.45, 2.75) is 37.0 Å². The van der Waals surface area contributed by atoms with Crippen LogP contribution in [0.15, 0.2) is 53.7 Å². The van der Waals surface area contributed by atoms with Gasteiger partial charge in [-0.1, -0.05) is 0 Å². The lowest BCUT2D eigenvalue weighted by Gasteiger charge is -2.34. The summed E-state index contributed by atoms with van der Waals surface area (Å²) < 4.78 is 37.2. The van der Waals surface area contributed by atoms with Gasteiger partial charge >= 0.3 is 0 Å². The van der Waals surface area contributed by atoms with Gasteiger partial charge in [0.15, 0.2) is 15.7 Å². The Labute approximate surface area is 210 Å². The summed E-state index contributed by atoms with van der Waals surface area (Å²) in [4.78, 5) is 19.8. The smallest absolute Gasteiger partial charge is 0.180 e. The monoisotopic (exact) mass is 507 g/mol. The number of fused-ring (bicyclic) bond motifs is 1. The number of rotatable bonds is 6. The predicted molar refractivity (Wildman–Crippen MR) is 139 cm³/mol. The van der Waals surface area contributed by atoms with Crippen molar-refractivity contribution in [1.29, 1.82) is 0 Å². The number of hydrogen-bond acceptors (Lipinski definition) is 8. The Kier molecular flexibility index (Phi) is 6.40. The second kappa shape index (κ2) is 9.51. The van der Waals surface area contributed by atoms with E-state index >= 15 is 0 Å². The van der Waals surface area contributed by atoms with Crippen molar-refractivity contribution >= 4 is 26.7 Å². The summed E-state index contributed by atoms with van der Waals surface area (Å²) >= 11 is 0. The van der Waals surface area contributed by atoms with E-state index in [1.54, 1.807) is 45.4 Å². The number of anilines is 1. The fraction of sp³-hybridized carbons (Fsp3) is 0.346. The van der Waals surface area contributed by atoms with Crippen LogP contribution in [0.3, 0.4) is 0 Å². The maximum Gasteiger partial charge on any atom is 0.180 e. The highest BCUT2D eigenvalue weighted by Gasteiger charge is 2.25. The van der Waals surface area contributed by atoms with Gasteiger partial charge in [0, 0.05) is 41.5 Å². The van der Waals surface area contributed by atoms with E-state index in [1.165, 1.54) is 0 Å². The molecule has 1 fully saturated rings. The van der Waals surface area contributed by atoms with E-state index in [4.69, 9.17) is 19.4 Å². The first-order valence-electron chi connectivity index (χ1n) is 11.9. The normalized spacial score (nSPS) is 16.6. The third-order valence-electron chi connectivity index (χ3n) is 6.47. The first-order valence-corrected chi connectivity index (χ1v) is 13.4. The lowest BCUT2D eigenvalue weighted by atomic mass is 10.1. The number of hydrogen-bond donors (Lipinski definition) is 1. The van der Waals surface area contributed by atoms with Crippen LogP contribution in [-0.2, 0) is 14.6 Å². The Morgan fingerprint density at radius 3 is 2.72 bits per heavy atom. The Morgan fingerprint density at radius 1 is 1.14 bits per heavy atom. The molecule has 0 saturated carbocycles. The van der Waals surface area contributed by atoms with E-state index in [2.05, 4.69) is 21.8 Å². The number of aromatic amines is 1. The molecular formula is C26H29N5O4S. The zero-order valence-electron chi connectivity index (χ0n) is 20.7. The maximum atomic E-state index is 13.0. The van der Waals surface area contributed by atoms with Gasteiger partial charge in [-0.3, -0.25) is 0 Å². The number of ether oxygens (including phenoxy) is 2. The summed E-state index contributed by atoms with van der Waals surface area (Å²) in [6, 6.07) is 10.8. The third kappa shape index (κ3) is 4.31. The van der Waals surface area contributed by atoms with Crippen molar-refractivity contribution in [2.75, 3.05) is 31.8 Å². The number of pyridine rings is 1. The molecule has 1 aliphatic heterocycles. The van der Waals surface area contributed by atoms with Crippen molar-refractivity contribution in [2.24, 2.45) is 0 Å². The van der Waals surface area contributed by atoms with Crippen molar-refractivity contribution in [3.05, 3.63) is 48.8 Å². The van der Waals surface area contributed by atoms with Gasteiger partial charge in [-0.25, -0.2) is 23.4 Å². The summed E-state index contributed by atoms with van der Waals surface area (Å²) in [6.45, 7) is 7.32. The first-order chi connectivity index (χ1) is 17.3. The molecule has 0 unspecified atom stereocenters. The molecule has 1 N–H and O–H groups in total. The maximum absolute atomic E-state index is 13.0. The molecule has 0 bridgehead atoms. The molecule has 3 aromatic heterocycles. The molecule has 9 nitrogen and oxygen atoms in total. The summed E-state index contributed by atoms with van der Waals surface area (Å²) in [5.41, 5.74) is 2.73. The second-order valence-corrected chi connectivity index (χ2v) is 11.6. The van der Waals surface area contributed by atoms with E-state index in [-0.39, 0.29) is 10.9 Å². The number of nitrogens with zero attached hydrogens (tertiary/aromatic N) is 4. The molecule has 0 aliphatic carbocycles. The van der Waals surface area contributed by atoms with Gasteiger partial charge in [-0.2, -0.15) is 0 Å². The fourth-order valence-electron chi connectivity index (χ4n) is 4.40. The van der Waals surface area contributed by atoms with Gasteiger partial charge < -0.3 is 19.4 Å². The highest BCUT2D eigenvalue weighted by atomic mass is 32.2. The van der Waals surface area contributed by atoms with Gasteiger partial charge in [-0.05, 0) is 51.1 Å². The average molecular weight is 508 g/mol. The van der Waals surface area contributed by atoms with Crippen molar-refractivity contribution in [1.82, 2.24) is 19.9 Å². The van der Waals surface area contributed by atoms with E-state index in [1.807, 2.05) is 24.4 Å². The number of sulfone groups is 1. The molecule has 1 saturated heterocycles. The Bertz CT molecular complexity index is 1520. The number of benzene rings is 1. The SMILES string of the molecule is COc1ccc(S(=O)(=O)C(C)C)cc1-c1cc(N2CCOC[C@H]2C)nc(-c2ccnc3[nH]ccc23)n1. The first kappa shape index (κ1) is 24.2. The molecule has 0 spiro atoms. The highest BCUT2D eigenvalue weighted by molar-refractivity contribution is 7.92. The molecule has 10 heteroatoms. The van der Waals surface area contributed by atoms with Crippen LogP contribution in [-0.4, -0.2) is 66.5 Å². The standard InChI is InChI=1S/C26H29N5O4S/c1-16(2)36(32,33)18-5-6-23(34-4)21(13-18)22-14-24(31-11-12-35-15-17(31)3)30-26(29-22)20-8-10-28-25-19(20)7-9-27-25/h5-10,13-14,16-17H,11-12,15H2,1-4H3,(H,27,28)/t17-/m1/s1. The van der Waals surface area contributed by atoms with Gasteiger partial charge in [0.1, 0.15) is 17.2 Å². The zero-order valence-corrected chi connectivity index (χ0v) is 21.5. The molecule has 4 aromatic rings. The number of morpholine rings is 1. The summed E-state index contributed by atoms with van der Waals surface area (Å²) in [5.74, 6) is 1.79. The quantitative estimate of drug-likeness (QED) is 0.415. The summed E-state index contributed by atoms with van der Waals surface area (Å²) in [5, 5.41) is 0.349. The largest absolute Gasteiger partial charge is 0.496 e. The minimum atomic E-state index is -3.49. The van der Waals surface area contributed by atoms with Gasteiger partial charge in [0.2, 0.25) is 0 Å². The van der Waals surface area contributed by atoms with Crippen LogP contribution in [0, 0.1) is 0 Å². The summed E-state index contributed by atoms with van der Waals surface area (Å²) in [7, 11) is -1.93. The van der Waals surface area contributed by atoms with Crippen LogP contribution in [0.2, 0.25) is 0 Å². The molecule has 1 aromatic carbocycles. The van der Waals surface area contributed by atoms with Gasteiger partial charge in [0.05, 0.1) is 42.2 Å². The molecule has 1 aliphatic rings. The van der Waals surface area contributed by atoms with E-state index < -0.39 is 15.1 Å². The van der Waals surface area contributed by atoms with Gasteiger partial charge in [-0.15, -0.1) is 0 Å². The molecule has 36 heavy (non-hydrogen) atoms. The lowest BCUT2D eigenvalue weighted by molar-refractivity contribution is 0.0985. The molecule has 0 amide bonds. The molecule has 0 radical (unpaired) electrons. The van der Waals surface area contributed by atoms with Crippen LogP contribution < -0.4 is 9.64 Å². The topological polar surface area (TPSA) is 110 Å². The second-order valence-electron chi connectivity index (χ2n) is 9.11. The molecule has 5 rings (SSSR count). The molecular weight excluding hydrogens is 478 g/mol. The number of aromatic nitrogens is 4. The molecule has 188 valence electrons. The highest BCUT2D eigenvalue weighted by Crippen LogP contribution is 2.36. The van der Waals surface area contributed by atoms with Crippen LogP contribution in [0.5, 0.6) is 5.75 Å². The zero-order chi connectivity index (χ0) is 25.4. The number of nitrogens with one attached hydrogen (secondary N) is 1. The van der Waals surface area contributed by atoms with Crippen LogP contribution in [0.1, 0.15) is 20.8 Å². The Morgan fingerprint density at radius 2 is 1.97 bits per heavy atom. The van der Waals surface area contributed by atoms with Crippen LogP contribution in [0.4, 0.5) is 5.82 Å². The fourth-order valence-corrected chi connectivity index (χ4v) is 5.48. The Balaban J connectivity index is 1.75. The molecule has 4 heterocycles. The summed E-state index contributed by atoms with van der Waals surface area (Å²) in [6.07, 6.45) is 3.55. The van der Waals surface area contributed by atoms with Crippen LogP contribution in [0.25, 0.3) is 33.7 Å². The van der Waals surface area contributed by atoms with Crippen molar-refractivity contribution in [3.8, 4) is 28.4 Å². The number of H-pyrrole nitrogens is 1. The van der Waals surface area contributed by atoms with E-state index in [9.17, 15) is 8.42 Å². The third-order valence-corrected chi connectivity index (χ3v) is 8.62. The predicted octanol–water partition coefficient (Wildman–Crippen LogP) is 4.10. The minimum absolute atomic E-state index is 0.119. The van der Waals surface area contributed by atoms with Crippen molar-refractivity contribution in [3.63, 3.8) is 0 Å². The lowest BCUT2D eigenvalue weighted by Crippen LogP contribution is -2.44. The van der Waals surface area contributed by atoms with E-state index in [0.29, 0.717) is 42.6 Å². The molecule has 1 atom stereocenters. The van der Waals surface area contributed by atoms with Gasteiger partial charge in [0.25, 0.3) is 0 Å². The Hall–Kier alpha value is -3.50. The van der Waals surface area contributed by atoms with Crippen molar-refractivity contribution < 1.29 is 17.9 Å².